The number of rotatable bonds is 2. The Bertz CT molecular complexity index is 534. The second-order valence-corrected chi connectivity index (χ2v) is 7.93. The molecule has 2 aliphatic rings. The summed E-state index contributed by atoms with van der Waals surface area (Å²) < 4.78 is 6.83. The van der Waals surface area contributed by atoms with Crippen LogP contribution in [0.2, 0.25) is 0 Å². The minimum Gasteiger partial charge on any atom is -0.458 e. The van der Waals surface area contributed by atoms with Crippen LogP contribution in [0.5, 0.6) is 0 Å². The molecule has 3 heteroatoms. The largest absolute Gasteiger partial charge is 0.458 e. The normalized spacial score (nSPS) is 34.2. The summed E-state index contributed by atoms with van der Waals surface area (Å²) in [6, 6.07) is 7.38. The van der Waals surface area contributed by atoms with Crippen LogP contribution >= 0.6 is 15.9 Å². The van der Waals surface area contributed by atoms with Gasteiger partial charge in [0, 0.05) is 9.89 Å². The summed E-state index contributed by atoms with van der Waals surface area (Å²) in [6.07, 6.45) is 3.53. The van der Waals surface area contributed by atoms with Crippen LogP contribution in [0.4, 0.5) is 0 Å². The molecule has 1 aromatic carbocycles. The Morgan fingerprint density at radius 2 is 1.90 bits per heavy atom. The van der Waals surface area contributed by atoms with E-state index in [1.165, 1.54) is 12.8 Å². The van der Waals surface area contributed by atoms with Crippen molar-refractivity contribution < 1.29 is 9.53 Å². The van der Waals surface area contributed by atoms with Crippen LogP contribution in [-0.2, 0) is 4.74 Å². The average Bonchev–Trinajstić information content (AvgIpc) is 2.72. The zero-order valence-electron chi connectivity index (χ0n) is 12.3. The summed E-state index contributed by atoms with van der Waals surface area (Å²) in [4.78, 5) is 12.3. The fourth-order valence-electron chi connectivity index (χ4n) is 4.09. The first kappa shape index (κ1) is 14.1. The van der Waals surface area contributed by atoms with Gasteiger partial charge in [-0.15, -0.1) is 0 Å². The van der Waals surface area contributed by atoms with Crippen molar-refractivity contribution in [2.24, 2.45) is 16.7 Å². The maximum atomic E-state index is 12.3. The lowest BCUT2D eigenvalue weighted by Gasteiger charge is -2.38. The van der Waals surface area contributed by atoms with Crippen LogP contribution in [0.1, 0.15) is 50.4 Å². The highest BCUT2D eigenvalue weighted by Crippen LogP contribution is 2.66. The van der Waals surface area contributed by atoms with E-state index in [1.807, 2.05) is 24.3 Å². The summed E-state index contributed by atoms with van der Waals surface area (Å²) >= 11 is 3.38. The van der Waals surface area contributed by atoms with Crippen molar-refractivity contribution in [2.75, 3.05) is 0 Å². The van der Waals surface area contributed by atoms with Gasteiger partial charge in [-0.05, 0) is 54.9 Å². The zero-order chi connectivity index (χ0) is 14.5. The molecule has 0 saturated heterocycles. The van der Waals surface area contributed by atoms with Gasteiger partial charge in [0.15, 0.2) is 0 Å². The van der Waals surface area contributed by atoms with Gasteiger partial charge in [-0.25, -0.2) is 4.79 Å². The standard InChI is InChI=1S/C17H21BrO2/c1-16(2)12-8-9-17(16,3)14(10-12)20-15(19)11-4-6-13(18)7-5-11/h4-7,12,14H,8-10H2,1-3H3. The molecule has 0 heterocycles. The topological polar surface area (TPSA) is 26.3 Å². The van der Waals surface area contributed by atoms with Crippen molar-refractivity contribution in [3.8, 4) is 0 Å². The molecule has 3 rings (SSSR count). The quantitative estimate of drug-likeness (QED) is 0.723. The summed E-state index contributed by atoms with van der Waals surface area (Å²) in [5.74, 6) is 0.502. The van der Waals surface area contributed by atoms with Gasteiger partial charge in [0.2, 0.25) is 0 Å². The molecule has 2 nitrogen and oxygen atoms in total. The van der Waals surface area contributed by atoms with E-state index in [-0.39, 0.29) is 22.9 Å². The molecule has 0 aromatic heterocycles. The monoisotopic (exact) mass is 336 g/mol. The van der Waals surface area contributed by atoms with Gasteiger partial charge in [-0.3, -0.25) is 0 Å². The smallest absolute Gasteiger partial charge is 0.338 e. The lowest BCUT2D eigenvalue weighted by atomic mass is 9.70. The van der Waals surface area contributed by atoms with Gasteiger partial charge < -0.3 is 4.74 Å². The Kier molecular flexibility index (Phi) is 3.24. The lowest BCUT2D eigenvalue weighted by Crippen LogP contribution is -2.38. The maximum absolute atomic E-state index is 12.3. The molecule has 2 aliphatic carbocycles. The first-order valence-corrected chi connectivity index (χ1v) is 8.10. The number of carbonyl (C=O) groups excluding carboxylic acids is 1. The molecule has 0 N–H and O–H groups in total. The van der Waals surface area contributed by atoms with Crippen molar-refractivity contribution in [2.45, 2.75) is 46.1 Å². The number of carbonyl (C=O) groups is 1. The molecular weight excluding hydrogens is 316 g/mol. The highest BCUT2D eigenvalue weighted by atomic mass is 79.9. The highest BCUT2D eigenvalue weighted by molar-refractivity contribution is 9.10. The van der Waals surface area contributed by atoms with E-state index in [0.717, 1.165) is 10.9 Å². The van der Waals surface area contributed by atoms with E-state index < -0.39 is 0 Å². The van der Waals surface area contributed by atoms with Crippen LogP contribution in [0, 0.1) is 16.7 Å². The first-order chi connectivity index (χ1) is 9.34. The number of ether oxygens (including phenoxy) is 1. The SMILES string of the molecule is CC1(C)C2CCC1(C)C(OC(=O)c1ccc(Br)cc1)C2. The van der Waals surface area contributed by atoms with Gasteiger partial charge in [-0.2, -0.15) is 0 Å². The van der Waals surface area contributed by atoms with Crippen molar-refractivity contribution in [3.63, 3.8) is 0 Å². The van der Waals surface area contributed by atoms with E-state index >= 15 is 0 Å². The Hall–Kier alpha value is -0.830. The van der Waals surface area contributed by atoms with Crippen molar-refractivity contribution in [1.82, 2.24) is 0 Å². The Balaban J connectivity index is 1.76. The molecule has 2 saturated carbocycles. The van der Waals surface area contributed by atoms with Crippen LogP contribution in [0.25, 0.3) is 0 Å². The third-order valence-electron chi connectivity index (χ3n) is 6.04. The number of esters is 1. The highest BCUT2D eigenvalue weighted by Gasteiger charge is 2.62. The molecule has 0 amide bonds. The summed E-state index contributed by atoms with van der Waals surface area (Å²) in [7, 11) is 0. The Morgan fingerprint density at radius 1 is 1.25 bits per heavy atom. The van der Waals surface area contributed by atoms with Crippen molar-refractivity contribution >= 4 is 21.9 Å². The second-order valence-electron chi connectivity index (χ2n) is 7.01. The molecule has 0 spiro atoms. The van der Waals surface area contributed by atoms with Gasteiger partial charge in [0.05, 0.1) is 5.56 Å². The minimum atomic E-state index is -0.188. The van der Waals surface area contributed by atoms with Gasteiger partial charge >= 0.3 is 5.97 Å². The molecule has 2 fully saturated rings. The summed E-state index contributed by atoms with van der Waals surface area (Å²) in [5, 5.41) is 0. The van der Waals surface area contributed by atoms with Crippen molar-refractivity contribution in [3.05, 3.63) is 34.3 Å². The maximum Gasteiger partial charge on any atom is 0.338 e. The average molecular weight is 337 g/mol. The molecule has 3 atom stereocenters. The minimum absolute atomic E-state index is 0.0624. The Labute approximate surface area is 129 Å². The number of fused-ring (bicyclic) bond motifs is 2. The van der Waals surface area contributed by atoms with Crippen LogP contribution in [0.15, 0.2) is 28.7 Å². The molecular formula is C17H21BrO2. The van der Waals surface area contributed by atoms with E-state index in [4.69, 9.17) is 4.74 Å². The number of halogens is 1. The second kappa shape index (κ2) is 4.59. The van der Waals surface area contributed by atoms with Crippen molar-refractivity contribution in [1.29, 1.82) is 0 Å². The number of hydrogen-bond donors (Lipinski definition) is 0. The molecule has 20 heavy (non-hydrogen) atoms. The molecule has 1 aromatic rings. The molecule has 2 bridgehead atoms. The van der Waals surface area contributed by atoms with Crippen LogP contribution < -0.4 is 0 Å². The summed E-state index contributed by atoms with van der Waals surface area (Å²) in [6.45, 7) is 6.95. The molecule has 108 valence electrons. The van der Waals surface area contributed by atoms with E-state index in [9.17, 15) is 4.79 Å². The van der Waals surface area contributed by atoms with Gasteiger partial charge in [0.1, 0.15) is 6.10 Å². The van der Waals surface area contributed by atoms with E-state index in [1.54, 1.807) is 0 Å². The molecule has 3 unspecified atom stereocenters. The fraction of sp³-hybridized carbons (Fsp3) is 0.588. The predicted molar refractivity (Wildman–Crippen MR) is 82.6 cm³/mol. The van der Waals surface area contributed by atoms with E-state index in [0.29, 0.717) is 11.5 Å². The Morgan fingerprint density at radius 3 is 2.40 bits per heavy atom. The zero-order valence-corrected chi connectivity index (χ0v) is 13.9. The number of hydrogen-bond acceptors (Lipinski definition) is 2. The van der Waals surface area contributed by atoms with Crippen LogP contribution in [0.3, 0.4) is 0 Å². The van der Waals surface area contributed by atoms with Crippen LogP contribution in [-0.4, -0.2) is 12.1 Å². The first-order valence-electron chi connectivity index (χ1n) is 7.31. The van der Waals surface area contributed by atoms with E-state index in [2.05, 4.69) is 36.7 Å². The lowest BCUT2D eigenvalue weighted by molar-refractivity contribution is -0.0242. The molecule has 0 radical (unpaired) electrons. The predicted octanol–water partition coefficient (Wildman–Crippen LogP) is 4.82. The number of benzene rings is 1. The fourth-order valence-corrected chi connectivity index (χ4v) is 4.36. The van der Waals surface area contributed by atoms with Gasteiger partial charge in [0.25, 0.3) is 0 Å². The third kappa shape index (κ3) is 1.93. The van der Waals surface area contributed by atoms with Gasteiger partial charge in [-0.1, -0.05) is 36.7 Å². The summed E-state index contributed by atoms with van der Waals surface area (Å²) in [5.41, 5.74) is 1.04. The molecule has 0 aliphatic heterocycles. The third-order valence-corrected chi connectivity index (χ3v) is 6.57.